The van der Waals surface area contributed by atoms with Crippen LogP contribution in [0.4, 0.5) is 0 Å². The van der Waals surface area contributed by atoms with Crippen LogP contribution >= 0.6 is 0 Å². The minimum absolute atomic E-state index is 0.754. The first kappa shape index (κ1) is 18.9. The summed E-state index contributed by atoms with van der Waals surface area (Å²) in [6, 6.07) is 35.9. The lowest BCUT2D eigenvalue weighted by molar-refractivity contribution is 1.26. The average Bonchev–Trinajstić information content (AvgIpc) is 2.92. The maximum absolute atomic E-state index is 4.98. The van der Waals surface area contributed by atoms with E-state index in [0.717, 1.165) is 33.4 Å². The van der Waals surface area contributed by atoms with Crippen molar-refractivity contribution in [3.05, 3.63) is 116 Å². The number of aromatic nitrogens is 3. The SMILES string of the molecule is c1ccc(-c2nc3ccc4c(-c5ccccc5)cc(-c5ccncc5)c5ccc(n2)c3c45)cc1. The first-order chi connectivity index (χ1) is 16.9. The molecule has 2 aromatic heterocycles. The van der Waals surface area contributed by atoms with E-state index in [1.54, 1.807) is 0 Å². The van der Waals surface area contributed by atoms with Crippen molar-refractivity contribution in [2.45, 2.75) is 0 Å². The van der Waals surface area contributed by atoms with Gasteiger partial charge in [-0.1, -0.05) is 72.8 Å². The van der Waals surface area contributed by atoms with E-state index in [-0.39, 0.29) is 0 Å². The van der Waals surface area contributed by atoms with Crippen molar-refractivity contribution in [2.75, 3.05) is 0 Å². The van der Waals surface area contributed by atoms with Gasteiger partial charge in [-0.25, -0.2) is 9.97 Å². The van der Waals surface area contributed by atoms with Crippen molar-refractivity contribution in [1.82, 2.24) is 15.0 Å². The Labute approximate surface area is 196 Å². The highest BCUT2D eigenvalue weighted by Gasteiger charge is 2.18. The molecule has 0 fully saturated rings. The molecule has 2 heterocycles. The van der Waals surface area contributed by atoms with Crippen LogP contribution < -0.4 is 0 Å². The van der Waals surface area contributed by atoms with Gasteiger partial charge in [0.1, 0.15) is 0 Å². The summed E-state index contributed by atoms with van der Waals surface area (Å²) in [5, 5.41) is 4.74. The van der Waals surface area contributed by atoms with Gasteiger partial charge >= 0.3 is 0 Å². The zero-order valence-corrected chi connectivity index (χ0v) is 18.3. The normalized spacial score (nSPS) is 11.5. The smallest absolute Gasteiger partial charge is 0.160 e. The van der Waals surface area contributed by atoms with Gasteiger partial charge in [0.2, 0.25) is 0 Å². The first-order valence-electron chi connectivity index (χ1n) is 11.4. The fraction of sp³-hybridized carbons (Fsp3) is 0. The molecule has 34 heavy (non-hydrogen) atoms. The van der Waals surface area contributed by atoms with Gasteiger partial charge in [0, 0.05) is 28.7 Å². The molecule has 0 aliphatic carbocycles. The minimum atomic E-state index is 0.754. The number of hydrogen-bond acceptors (Lipinski definition) is 3. The number of benzene rings is 5. The zero-order chi connectivity index (χ0) is 22.5. The zero-order valence-electron chi connectivity index (χ0n) is 18.3. The summed E-state index contributed by atoms with van der Waals surface area (Å²) in [7, 11) is 0. The number of pyridine rings is 1. The lowest BCUT2D eigenvalue weighted by atomic mass is 9.87. The van der Waals surface area contributed by atoms with Crippen molar-refractivity contribution in [1.29, 1.82) is 0 Å². The van der Waals surface area contributed by atoms with Crippen LogP contribution in [0.15, 0.2) is 116 Å². The molecule has 0 aliphatic rings. The van der Waals surface area contributed by atoms with Crippen LogP contribution in [-0.4, -0.2) is 15.0 Å². The van der Waals surface area contributed by atoms with Gasteiger partial charge in [-0.15, -0.1) is 0 Å². The van der Waals surface area contributed by atoms with Crippen molar-refractivity contribution in [3.8, 4) is 33.6 Å². The molecule has 0 spiro atoms. The third-order valence-corrected chi connectivity index (χ3v) is 6.55. The highest BCUT2D eigenvalue weighted by molar-refractivity contribution is 6.27. The molecule has 5 aromatic carbocycles. The largest absolute Gasteiger partial charge is 0.265 e. The predicted octanol–water partition coefficient (Wildman–Crippen LogP) is 7.77. The average molecular weight is 434 g/mol. The van der Waals surface area contributed by atoms with E-state index in [1.165, 1.54) is 32.8 Å². The summed E-state index contributed by atoms with van der Waals surface area (Å²) in [4.78, 5) is 14.2. The third-order valence-electron chi connectivity index (χ3n) is 6.55. The maximum atomic E-state index is 4.98. The first-order valence-corrected chi connectivity index (χ1v) is 11.4. The van der Waals surface area contributed by atoms with Crippen molar-refractivity contribution in [2.24, 2.45) is 0 Å². The van der Waals surface area contributed by atoms with Crippen molar-refractivity contribution in [3.63, 3.8) is 0 Å². The molecule has 7 aromatic rings. The molecule has 0 bridgehead atoms. The van der Waals surface area contributed by atoms with Gasteiger partial charge in [-0.2, -0.15) is 0 Å². The Morgan fingerprint density at radius 1 is 0.441 bits per heavy atom. The van der Waals surface area contributed by atoms with Gasteiger partial charge in [0.15, 0.2) is 5.82 Å². The Kier molecular flexibility index (Phi) is 4.15. The third kappa shape index (κ3) is 2.87. The summed E-state index contributed by atoms with van der Waals surface area (Å²) in [5.74, 6) is 0.754. The molecular formula is C31H19N3. The van der Waals surface area contributed by atoms with Gasteiger partial charge in [0.25, 0.3) is 0 Å². The molecule has 0 unspecified atom stereocenters. The molecule has 3 heteroatoms. The fourth-order valence-electron chi connectivity index (χ4n) is 4.99. The van der Waals surface area contributed by atoms with E-state index < -0.39 is 0 Å². The lowest BCUT2D eigenvalue weighted by Gasteiger charge is -2.18. The molecule has 7 rings (SSSR count). The highest BCUT2D eigenvalue weighted by Crippen LogP contribution is 2.43. The van der Waals surface area contributed by atoms with Gasteiger partial charge < -0.3 is 0 Å². The summed E-state index contributed by atoms with van der Waals surface area (Å²) in [5.41, 5.74) is 7.70. The molecule has 0 radical (unpaired) electrons. The molecule has 3 nitrogen and oxygen atoms in total. The van der Waals surface area contributed by atoms with E-state index in [4.69, 9.17) is 9.97 Å². The van der Waals surface area contributed by atoms with Crippen LogP contribution in [0.2, 0.25) is 0 Å². The van der Waals surface area contributed by atoms with E-state index >= 15 is 0 Å². The summed E-state index contributed by atoms with van der Waals surface area (Å²) in [6.07, 6.45) is 3.70. The molecule has 0 atom stereocenters. The molecule has 0 N–H and O–H groups in total. The van der Waals surface area contributed by atoms with Gasteiger partial charge in [-0.3, -0.25) is 4.98 Å². The van der Waals surface area contributed by atoms with Crippen LogP contribution in [0, 0.1) is 0 Å². The van der Waals surface area contributed by atoms with Crippen molar-refractivity contribution < 1.29 is 0 Å². The Morgan fingerprint density at radius 3 is 1.56 bits per heavy atom. The molecule has 0 amide bonds. The van der Waals surface area contributed by atoms with Gasteiger partial charge in [-0.05, 0) is 63.4 Å². The molecule has 158 valence electrons. The van der Waals surface area contributed by atoms with Gasteiger partial charge in [0.05, 0.1) is 11.0 Å². The Bertz CT molecular complexity index is 1670. The Morgan fingerprint density at radius 2 is 0.971 bits per heavy atom. The van der Waals surface area contributed by atoms with E-state index in [0.29, 0.717) is 0 Å². The Hall–Kier alpha value is -4.63. The van der Waals surface area contributed by atoms with E-state index in [1.807, 2.05) is 30.6 Å². The molecule has 0 saturated carbocycles. The second-order valence-electron chi connectivity index (χ2n) is 8.50. The van der Waals surface area contributed by atoms with Crippen LogP contribution in [-0.2, 0) is 0 Å². The van der Waals surface area contributed by atoms with E-state index in [9.17, 15) is 0 Å². The topological polar surface area (TPSA) is 38.7 Å². The minimum Gasteiger partial charge on any atom is -0.265 e. The second-order valence-corrected chi connectivity index (χ2v) is 8.50. The molecule has 0 saturated heterocycles. The second kappa shape index (κ2) is 7.46. The lowest BCUT2D eigenvalue weighted by Crippen LogP contribution is -1.96. The van der Waals surface area contributed by atoms with E-state index in [2.05, 4.69) is 89.9 Å². The van der Waals surface area contributed by atoms with Crippen LogP contribution in [0.1, 0.15) is 0 Å². The van der Waals surface area contributed by atoms with Crippen LogP contribution in [0.25, 0.3) is 66.2 Å². The summed E-state index contributed by atoms with van der Waals surface area (Å²) >= 11 is 0. The number of rotatable bonds is 3. The quantitative estimate of drug-likeness (QED) is 0.267. The highest BCUT2D eigenvalue weighted by atomic mass is 14.9. The molecule has 0 aliphatic heterocycles. The maximum Gasteiger partial charge on any atom is 0.160 e. The number of nitrogens with zero attached hydrogens (tertiary/aromatic N) is 3. The fourth-order valence-corrected chi connectivity index (χ4v) is 4.99. The molecular weight excluding hydrogens is 414 g/mol. The summed E-state index contributed by atoms with van der Waals surface area (Å²) < 4.78 is 0. The number of hydrogen-bond donors (Lipinski definition) is 0. The van der Waals surface area contributed by atoms with Crippen LogP contribution in [0.3, 0.4) is 0 Å². The standard InChI is InChI=1S/C31H19N3/c1-3-7-20(8-4-1)25-19-26(21-15-17-32-18-16-21)24-12-14-28-30-27(13-11-23(25)29(24)30)33-31(34-28)22-9-5-2-6-10-22/h1-19H. The Balaban J connectivity index is 1.62. The monoisotopic (exact) mass is 433 g/mol. The van der Waals surface area contributed by atoms with Crippen LogP contribution in [0.5, 0.6) is 0 Å². The summed E-state index contributed by atoms with van der Waals surface area (Å²) in [6.45, 7) is 0. The van der Waals surface area contributed by atoms with Crippen molar-refractivity contribution >= 4 is 32.6 Å². The predicted molar refractivity (Wildman–Crippen MR) is 140 cm³/mol.